The normalized spacial score (nSPS) is 12.0. The average Bonchev–Trinajstić information content (AvgIpc) is 3.12. The van der Waals surface area contributed by atoms with Gasteiger partial charge in [0.2, 0.25) is 0 Å². The van der Waals surface area contributed by atoms with Gasteiger partial charge in [-0.15, -0.1) is 0 Å². The van der Waals surface area contributed by atoms with E-state index in [-0.39, 0.29) is 5.56 Å². The quantitative estimate of drug-likeness (QED) is 0.679. The second-order valence-electron chi connectivity index (χ2n) is 9.06. The number of amides is 1. The number of fused-ring (bicyclic) bond motifs is 1. The first-order chi connectivity index (χ1) is 14.0. The topological polar surface area (TPSA) is 83.1 Å². The molecule has 30 heavy (non-hydrogen) atoms. The molecule has 3 rings (SSSR count). The molecule has 0 atom stereocenters. The molecule has 1 N–H and O–H groups in total. The van der Waals surface area contributed by atoms with E-state index in [4.69, 9.17) is 4.74 Å². The summed E-state index contributed by atoms with van der Waals surface area (Å²) in [4.78, 5) is 25.8. The van der Waals surface area contributed by atoms with Crippen LogP contribution in [0.1, 0.15) is 46.7 Å². The monoisotopic (exact) mass is 413 g/mol. The summed E-state index contributed by atoms with van der Waals surface area (Å²) >= 11 is 0. The van der Waals surface area contributed by atoms with Gasteiger partial charge in [0.25, 0.3) is 5.56 Å². The van der Waals surface area contributed by atoms with Crippen LogP contribution in [0.3, 0.4) is 0 Å². The van der Waals surface area contributed by atoms with E-state index in [1.807, 2.05) is 36.9 Å². The Kier molecular flexibility index (Phi) is 5.78. The number of anilines is 1. The predicted molar refractivity (Wildman–Crippen MR) is 118 cm³/mol. The highest BCUT2D eigenvalue weighted by Gasteiger charge is 2.21. The number of carbonyl (C=O) groups is 1. The van der Waals surface area contributed by atoms with Crippen LogP contribution in [0.2, 0.25) is 0 Å². The van der Waals surface area contributed by atoms with Crippen molar-refractivity contribution in [1.29, 1.82) is 0 Å². The summed E-state index contributed by atoms with van der Waals surface area (Å²) in [5.74, 6) is 1.06. The van der Waals surface area contributed by atoms with Gasteiger partial charge in [-0.25, -0.2) is 4.79 Å². The number of nitrogens with one attached hydrogen (secondary N) is 1. The molecule has 3 aromatic heterocycles. The molecular weight excluding hydrogens is 382 g/mol. The maximum atomic E-state index is 13.4. The van der Waals surface area contributed by atoms with E-state index in [0.717, 1.165) is 24.2 Å². The summed E-state index contributed by atoms with van der Waals surface area (Å²) in [6, 6.07) is 3.74. The van der Waals surface area contributed by atoms with Crippen molar-refractivity contribution in [2.45, 2.75) is 60.1 Å². The summed E-state index contributed by atoms with van der Waals surface area (Å²) in [5, 5.41) is 7.62. The third-order valence-corrected chi connectivity index (χ3v) is 4.86. The molecule has 0 aliphatic heterocycles. The van der Waals surface area contributed by atoms with Crippen LogP contribution in [-0.2, 0) is 18.3 Å². The van der Waals surface area contributed by atoms with Gasteiger partial charge >= 0.3 is 6.09 Å². The van der Waals surface area contributed by atoms with Crippen LogP contribution in [-0.4, -0.2) is 30.6 Å². The lowest BCUT2D eigenvalue weighted by molar-refractivity contribution is 0.0636. The second kappa shape index (κ2) is 8.01. The van der Waals surface area contributed by atoms with Crippen molar-refractivity contribution in [3.05, 3.63) is 40.6 Å². The molecule has 0 spiro atoms. The zero-order valence-corrected chi connectivity index (χ0v) is 18.8. The molecule has 3 heterocycles. The zero-order chi connectivity index (χ0) is 22.2. The van der Waals surface area contributed by atoms with Crippen LogP contribution in [0, 0.1) is 12.8 Å². The van der Waals surface area contributed by atoms with E-state index >= 15 is 0 Å². The molecule has 0 unspecified atom stereocenters. The average molecular weight is 414 g/mol. The SMILES string of the molecule is Cc1cc(-n2ccc3c(c(NC(=O)OC(C)(C)C)cn3CCC(C)C)c2=O)nn1C. The van der Waals surface area contributed by atoms with Gasteiger partial charge in [-0.3, -0.25) is 19.4 Å². The Morgan fingerprint density at radius 2 is 2.00 bits per heavy atom. The van der Waals surface area contributed by atoms with E-state index in [2.05, 4.69) is 24.3 Å². The molecule has 0 saturated heterocycles. The third-order valence-electron chi connectivity index (χ3n) is 4.86. The van der Waals surface area contributed by atoms with Crippen molar-refractivity contribution in [2.24, 2.45) is 13.0 Å². The lowest BCUT2D eigenvalue weighted by Crippen LogP contribution is -2.27. The molecule has 8 heteroatoms. The van der Waals surface area contributed by atoms with Gasteiger partial charge in [0.15, 0.2) is 5.82 Å². The molecule has 0 bridgehead atoms. The van der Waals surface area contributed by atoms with Crippen molar-refractivity contribution < 1.29 is 9.53 Å². The van der Waals surface area contributed by atoms with Gasteiger partial charge in [-0.1, -0.05) is 13.8 Å². The van der Waals surface area contributed by atoms with Crippen molar-refractivity contribution >= 4 is 22.7 Å². The number of aromatic nitrogens is 4. The number of pyridine rings is 1. The Morgan fingerprint density at radius 3 is 2.57 bits per heavy atom. The summed E-state index contributed by atoms with van der Waals surface area (Å²) in [6.07, 6.45) is 3.91. The first kappa shape index (κ1) is 21.7. The Morgan fingerprint density at radius 1 is 1.30 bits per heavy atom. The fourth-order valence-corrected chi connectivity index (χ4v) is 3.24. The minimum absolute atomic E-state index is 0.236. The molecular formula is C22H31N5O3. The Balaban J connectivity index is 2.11. The van der Waals surface area contributed by atoms with E-state index in [9.17, 15) is 9.59 Å². The summed E-state index contributed by atoms with van der Waals surface area (Å²) in [7, 11) is 1.83. The second-order valence-corrected chi connectivity index (χ2v) is 9.06. The summed E-state index contributed by atoms with van der Waals surface area (Å²) in [5.41, 5.74) is 1.29. The fraction of sp³-hybridized carbons (Fsp3) is 0.500. The molecule has 3 aromatic rings. The van der Waals surface area contributed by atoms with Crippen LogP contribution in [0.15, 0.2) is 29.3 Å². The lowest BCUT2D eigenvalue weighted by atomic mass is 10.1. The van der Waals surface area contributed by atoms with Gasteiger partial charge in [0.1, 0.15) is 5.60 Å². The van der Waals surface area contributed by atoms with Crippen molar-refractivity contribution in [3.63, 3.8) is 0 Å². The smallest absolute Gasteiger partial charge is 0.412 e. The highest BCUT2D eigenvalue weighted by molar-refractivity contribution is 5.99. The first-order valence-electron chi connectivity index (χ1n) is 10.2. The van der Waals surface area contributed by atoms with Crippen LogP contribution >= 0.6 is 0 Å². The van der Waals surface area contributed by atoms with E-state index in [1.54, 1.807) is 31.6 Å². The van der Waals surface area contributed by atoms with Gasteiger partial charge in [0.05, 0.1) is 16.6 Å². The molecule has 0 aliphatic carbocycles. The van der Waals surface area contributed by atoms with E-state index in [0.29, 0.717) is 22.8 Å². The zero-order valence-electron chi connectivity index (χ0n) is 18.8. The van der Waals surface area contributed by atoms with Gasteiger partial charge < -0.3 is 9.30 Å². The molecule has 0 saturated carbocycles. The fourth-order valence-electron chi connectivity index (χ4n) is 3.24. The number of hydrogen-bond acceptors (Lipinski definition) is 4. The Labute approximate surface area is 176 Å². The van der Waals surface area contributed by atoms with Gasteiger partial charge in [0, 0.05) is 37.7 Å². The molecule has 0 radical (unpaired) electrons. The molecule has 0 aromatic carbocycles. The Bertz CT molecular complexity index is 1110. The van der Waals surface area contributed by atoms with Crippen molar-refractivity contribution in [2.75, 3.05) is 5.32 Å². The highest BCUT2D eigenvalue weighted by Crippen LogP contribution is 2.25. The van der Waals surface area contributed by atoms with Crippen LogP contribution in [0.4, 0.5) is 10.5 Å². The number of rotatable bonds is 5. The van der Waals surface area contributed by atoms with E-state index in [1.165, 1.54) is 4.57 Å². The maximum Gasteiger partial charge on any atom is 0.412 e. The van der Waals surface area contributed by atoms with Gasteiger partial charge in [-0.2, -0.15) is 5.10 Å². The molecule has 162 valence electrons. The maximum absolute atomic E-state index is 13.4. The van der Waals surface area contributed by atoms with E-state index < -0.39 is 11.7 Å². The van der Waals surface area contributed by atoms with Gasteiger partial charge in [-0.05, 0) is 46.1 Å². The largest absolute Gasteiger partial charge is 0.444 e. The standard InChI is InChI=1S/C22H31N5O3/c1-14(2)8-10-26-13-16(23-21(29)30-22(4,5)6)19-17(26)9-11-27(20(19)28)18-12-15(3)25(7)24-18/h9,11-14H,8,10H2,1-7H3,(H,23,29). The molecule has 8 nitrogen and oxygen atoms in total. The molecule has 0 aliphatic rings. The first-order valence-corrected chi connectivity index (χ1v) is 10.2. The predicted octanol–water partition coefficient (Wildman–Crippen LogP) is 4.23. The van der Waals surface area contributed by atoms with Crippen molar-refractivity contribution in [3.8, 4) is 5.82 Å². The lowest BCUT2D eigenvalue weighted by Gasteiger charge is -2.19. The Hall–Kier alpha value is -3.03. The number of nitrogens with zero attached hydrogens (tertiary/aromatic N) is 4. The molecule has 1 amide bonds. The number of hydrogen-bond donors (Lipinski definition) is 1. The summed E-state index contributed by atoms with van der Waals surface area (Å²) in [6.45, 7) is 12.4. The van der Waals surface area contributed by atoms with Crippen LogP contribution in [0.5, 0.6) is 0 Å². The minimum atomic E-state index is -0.633. The summed E-state index contributed by atoms with van der Waals surface area (Å²) < 4.78 is 10.6. The third kappa shape index (κ3) is 4.58. The number of carbonyl (C=O) groups excluding carboxylic acids is 1. The van der Waals surface area contributed by atoms with Crippen LogP contribution < -0.4 is 10.9 Å². The van der Waals surface area contributed by atoms with Crippen LogP contribution in [0.25, 0.3) is 16.7 Å². The van der Waals surface area contributed by atoms with Crippen molar-refractivity contribution in [1.82, 2.24) is 18.9 Å². The highest BCUT2D eigenvalue weighted by atomic mass is 16.6. The molecule has 0 fully saturated rings. The number of aryl methyl sites for hydroxylation is 3. The number of ether oxygens (including phenoxy) is 1. The minimum Gasteiger partial charge on any atom is -0.444 e.